The molecule has 172 valence electrons. The maximum Gasteiger partial charge on any atom is 0.303 e. The Morgan fingerprint density at radius 2 is 1.45 bits per heavy atom. The van der Waals surface area contributed by atoms with E-state index in [1.807, 2.05) is 12.1 Å². The fourth-order valence-corrected chi connectivity index (χ4v) is 4.49. The molecular formula is C28H33N3O2. The Hall–Kier alpha value is -3.31. The Balaban J connectivity index is 1.42. The van der Waals surface area contributed by atoms with Gasteiger partial charge in [0.1, 0.15) is 0 Å². The molecule has 0 spiro atoms. The lowest BCUT2D eigenvalue weighted by Crippen LogP contribution is -2.48. The Morgan fingerprint density at radius 1 is 0.818 bits per heavy atom. The summed E-state index contributed by atoms with van der Waals surface area (Å²) in [6.07, 6.45) is 0.699. The summed E-state index contributed by atoms with van der Waals surface area (Å²) in [7, 11) is 0. The smallest absolute Gasteiger partial charge is 0.303 e. The van der Waals surface area contributed by atoms with E-state index < -0.39 is 5.97 Å². The molecule has 3 aromatic carbocycles. The molecule has 0 amide bonds. The summed E-state index contributed by atoms with van der Waals surface area (Å²) in [4.78, 5) is 18.6. The maximum atomic E-state index is 11.2. The van der Waals surface area contributed by atoms with Gasteiger partial charge >= 0.3 is 5.97 Å². The Morgan fingerprint density at radius 3 is 2.15 bits per heavy atom. The number of nitrogens with zero attached hydrogens (tertiary/aromatic N) is 3. The number of benzene rings is 3. The second kappa shape index (κ2) is 11.5. The molecular weight excluding hydrogens is 410 g/mol. The number of hydrogen-bond donors (Lipinski definition) is 1. The Labute approximate surface area is 196 Å². The van der Waals surface area contributed by atoms with Crippen LogP contribution in [0.25, 0.3) is 0 Å². The van der Waals surface area contributed by atoms with Gasteiger partial charge in [-0.25, -0.2) is 0 Å². The third-order valence-electron chi connectivity index (χ3n) is 6.34. The molecule has 0 aliphatic carbocycles. The Kier molecular flexibility index (Phi) is 7.99. The van der Waals surface area contributed by atoms with Gasteiger partial charge in [-0.15, -0.1) is 0 Å². The number of piperazine rings is 1. The molecule has 0 unspecified atom stereocenters. The van der Waals surface area contributed by atoms with Crippen molar-refractivity contribution >= 4 is 17.3 Å². The van der Waals surface area contributed by atoms with Crippen molar-refractivity contribution < 1.29 is 9.90 Å². The normalized spacial score (nSPS) is 14.2. The summed E-state index contributed by atoms with van der Waals surface area (Å²) in [5.74, 6) is -0.754. The van der Waals surface area contributed by atoms with Crippen LogP contribution in [-0.4, -0.2) is 55.2 Å². The average Bonchev–Trinajstić information content (AvgIpc) is 2.87. The fourth-order valence-electron chi connectivity index (χ4n) is 4.49. The largest absolute Gasteiger partial charge is 0.481 e. The zero-order valence-corrected chi connectivity index (χ0v) is 19.1. The SMILES string of the molecule is O=C(O)CCc1ccccc1N(CCN1CCN(c2ccccc2)CC1)Cc1ccccc1. The molecule has 33 heavy (non-hydrogen) atoms. The molecule has 0 atom stereocenters. The van der Waals surface area contributed by atoms with Crippen LogP contribution >= 0.6 is 0 Å². The first-order chi connectivity index (χ1) is 16.2. The molecule has 0 radical (unpaired) electrons. The predicted octanol–water partition coefficient (Wildman–Crippen LogP) is 4.53. The number of para-hydroxylation sites is 2. The molecule has 0 saturated carbocycles. The number of carbonyl (C=O) groups is 1. The van der Waals surface area contributed by atoms with Gasteiger partial charge in [0.25, 0.3) is 0 Å². The van der Waals surface area contributed by atoms with Crippen LogP contribution in [0, 0.1) is 0 Å². The van der Waals surface area contributed by atoms with Crippen molar-refractivity contribution in [2.24, 2.45) is 0 Å². The third kappa shape index (κ3) is 6.59. The van der Waals surface area contributed by atoms with Gasteiger partial charge < -0.3 is 14.9 Å². The highest BCUT2D eigenvalue weighted by molar-refractivity contribution is 5.68. The van der Waals surface area contributed by atoms with Crippen LogP contribution in [0.3, 0.4) is 0 Å². The summed E-state index contributed by atoms with van der Waals surface area (Å²) in [5.41, 5.74) is 4.81. The quantitative estimate of drug-likeness (QED) is 0.499. The van der Waals surface area contributed by atoms with Gasteiger partial charge in [-0.05, 0) is 35.7 Å². The molecule has 1 aliphatic rings. The van der Waals surface area contributed by atoms with Crippen molar-refractivity contribution in [3.63, 3.8) is 0 Å². The van der Waals surface area contributed by atoms with Crippen LogP contribution < -0.4 is 9.80 Å². The van der Waals surface area contributed by atoms with E-state index in [1.165, 1.54) is 11.3 Å². The minimum absolute atomic E-state index is 0.150. The van der Waals surface area contributed by atoms with Crippen LogP contribution in [0.5, 0.6) is 0 Å². The number of rotatable bonds is 10. The van der Waals surface area contributed by atoms with Gasteiger partial charge in [-0.1, -0.05) is 66.7 Å². The molecule has 1 aliphatic heterocycles. The van der Waals surface area contributed by atoms with E-state index in [9.17, 15) is 9.90 Å². The molecule has 1 N–H and O–H groups in total. The number of carboxylic acids is 1. The summed E-state index contributed by atoms with van der Waals surface area (Å²) < 4.78 is 0. The lowest BCUT2D eigenvalue weighted by Gasteiger charge is -2.37. The number of aliphatic carboxylic acids is 1. The second-order valence-corrected chi connectivity index (χ2v) is 8.59. The van der Waals surface area contributed by atoms with E-state index in [1.54, 1.807) is 0 Å². The fraction of sp³-hybridized carbons (Fsp3) is 0.321. The van der Waals surface area contributed by atoms with E-state index in [0.717, 1.165) is 57.1 Å². The van der Waals surface area contributed by atoms with E-state index in [2.05, 4.69) is 87.5 Å². The maximum absolute atomic E-state index is 11.2. The molecule has 5 nitrogen and oxygen atoms in total. The lowest BCUT2D eigenvalue weighted by atomic mass is 10.1. The van der Waals surface area contributed by atoms with Gasteiger partial charge in [0, 0.05) is 63.6 Å². The van der Waals surface area contributed by atoms with Crippen molar-refractivity contribution in [3.05, 3.63) is 96.1 Å². The highest BCUT2D eigenvalue weighted by atomic mass is 16.4. The summed E-state index contributed by atoms with van der Waals surface area (Å²) in [6, 6.07) is 29.4. The second-order valence-electron chi connectivity index (χ2n) is 8.59. The first-order valence-electron chi connectivity index (χ1n) is 11.8. The lowest BCUT2D eigenvalue weighted by molar-refractivity contribution is -0.136. The highest BCUT2D eigenvalue weighted by Crippen LogP contribution is 2.24. The third-order valence-corrected chi connectivity index (χ3v) is 6.34. The van der Waals surface area contributed by atoms with Crippen molar-refractivity contribution in [2.75, 3.05) is 49.1 Å². The van der Waals surface area contributed by atoms with Crippen molar-refractivity contribution in [1.82, 2.24) is 4.90 Å². The highest BCUT2D eigenvalue weighted by Gasteiger charge is 2.19. The van der Waals surface area contributed by atoms with Crippen LogP contribution in [0.15, 0.2) is 84.9 Å². The standard InChI is InChI=1S/C28H33N3O2/c32-28(33)16-15-25-11-7-8-14-27(25)31(23-24-9-3-1-4-10-24)22-19-29-17-20-30(21-18-29)26-12-5-2-6-13-26/h1-14H,15-23H2,(H,32,33). The molecule has 0 aromatic heterocycles. The summed E-state index contributed by atoms with van der Waals surface area (Å²) in [5, 5.41) is 9.19. The molecule has 5 heteroatoms. The molecule has 0 bridgehead atoms. The van der Waals surface area contributed by atoms with Gasteiger partial charge in [-0.2, -0.15) is 0 Å². The van der Waals surface area contributed by atoms with Crippen LogP contribution in [0.1, 0.15) is 17.5 Å². The predicted molar refractivity (Wildman–Crippen MR) is 135 cm³/mol. The molecule has 3 aromatic rings. The Bertz CT molecular complexity index is 1000. The van der Waals surface area contributed by atoms with Gasteiger partial charge in [0.05, 0.1) is 0 Å². The molecule has 4 rings (SSSR count). The minimum atomic E-state index is -0.754. The molecule has 1 saturated heterocycles. The van der Waals surface area contributed by atoms with E-state index in [4.69, 9.17) is 0 Å². The van der Waals surface area contributed by atoms with Crippen LogP contribution in [0.2, 0.25) is 0 Å². The van der Waals surface area contributed by atoms with Crippen molar-refractivity contribution in [3.8, 4) is 0 Å². The number of aryl methyl sites for hydroxylation is 1. The monoisotopic (exact) mass is 443 g/mol. The zero-order chi connectivity index (χ0) is 22.9. The van der Waals surface area contributed by atoms with Crippen LogP contribution in [-0.2, 0) is 17.8 Å². The minimum Gasteiger partial charge on any atom is -0.481 e. The first kappa shape index (κ1) is 22.9. The van der Waals surface area contributed by atoms with Gasteiger partial charge in [-0.3, -0.25) is 9.69 Å². The van der Waals surface area contributed by atoms with Crippen LogP contribution in [0.4, 0.5) is 11.4 Å². The summed E-state index contributed by atoms with van der Waals surface area (Å²) >= 11 is 0. The zero-order valence-electron chi connectivity index (χ0n) is 19.1. The molecule has 1 fully saturated rings. The molecule has 1 heterocycles. The van der Waals surface area contributed by atoms with E-state index in [0.29, 0.717) is 6.42 Å². The van der Waals surface area contributed by atoms with E-state index in [-0.39, 0.29) is 6.42 Å². The van der Waals surface area contributed by atoms with Crippen molar-refractivity contribution in [1.29, 1.82) is 0 Å². The number of hydrogen-bond acceptors (Lipinski definition) is 4. The number of carboxylic acid groups (broad SMARTS) is 1. The van der Waals surface area contributed by atoms with E-state index >= 15 is 0 Å². The van der Waals surface area contributed by atoms with Crippen molar-refractivity contribution in [2.45, 2.75) is 19.4 Å². The summed E-state index contributed by atoms with van der Waals surface area (Å²) in [6.45, 7) is 6.89. The first-order valence-corrected chi connectivity index (χ1v) is 11.8. The van der Waals surface area contributed by atoms with Gasteiger partial charge in [0.15, 0.2) is 0 Å². The topological polar surface area (TPSA) is 47.0 Å². The van der Waals surface area contributed by atoms with Gasteiger partial charge in [0.2, 0.25) is 0 Å². The average molecular weight is 444 g/mol. The number of anilines is 2.